The Morgan fingerprint density at radius 3 is 2.62 bits per heavy atom. The number of rotatable bonds is 5. The number of carbonyl (C=O) groups excluding carboxylic acids is 1. The molecule has 0 fully saturated rings. The van der Waals surface area contributed by atoms with Gasteiger partial charge in [-0.2, -0.15) is 0 Å². The zero-order valence-electron chi connectivity index (χ0n) is 14.0. The second-order valence-electron chi connectivity index (χ2n) is 5.80. The lowest BCUT2D eigenvalue weighted by Gasteiger charge is -2.09. The van der Waals surface area contributed by atoms with Gasteiger partial charge in [0.2, 0.25) is 0 Å². The van der Waals surface area contributed by atoms with Crippen LogP contribution in [-0.2, 0) is 0 Å². The molecule has 3 aromatic rings. The highest BCUT2D eigenvalue weighted by molar-refractivity contribution is 7.99. The molecule has 4 nitrogen and oxygen atoms in total. The Balaban J connectivity index is 1.78. The molecule has 1 aromatic heterocycles. The van der Waals surface area contributed by atoms with Crippen molar-refractivity contribution in [1.82, 2.24) is 14.8 Å². The van der Waals surface area contributed by atoms with Crippen LogP contribution in [0.25, 0.3) is 5.69 Å². The number of aromatic nitrogens is 3. The van der Waals surface area contributed by atoms with Gasteiger partial charge in [0.1, 0.15) is 6.33 Å². The standard InChI is InChI=1S/C19H19N3OS/c1-13-8-9-16(15(3)10-13)18(23)11-24-19-21-20-12-22(19)17-7-5-4-6-14(17)2/h4-10,12H,11H2,1-3H3. The zero-order chi connectivity index (χ0) is 17.1. The van der Waals surface area contributed by atoms with Crippen LogP contribution >= 0.6 is 11.8 Å². The summed E-state index contributed by atoms with van der Waals surface area (Å²) in [5, 5.41) is 8.88. The van der Waals surface area contributed by atoms with Crippen molar-refractivity contribution >= 4 is 17.5 Å². The highest BCUT2D eigenvalue weighted by Gasteiger charge is 2.14. The van der Waals surface area contributed by atoms with Crippen LogP contribution in [0.2, 0.25) is 0 Å². The predicted octanol–water partition coefficient (Wildman–Crippen LogP) is 4.17. The minimum Gasteiger partial charge on any atom is -0.293 e. The van der Waals surface area contributed by atoms with E-state index >= 15 is 0 Å². The van der Waals surface area contributed by atoms with Crippen LogP contribution in [0, 0.1) is 20.8 Å². The molecule has 3 rings (SSSR count). The number of nitrogens with zero attached hydrogens (tertiary/aromatic N) is 3. The van der Waals surface area contributed by atoms with Crippen molar-refractivity contribution in [3.05, 3.63) is 71.0 Å². The number of carbonyl (C=O) groups is 1. The van der Waals surface area contributed by atoms with Gasteiger partial charge >= 0.3 is 0 Å². The number of Topliss-reactive ketones (excluding diaryl/α,β-unsaturated/α-hetero) is 1. The van der Waals surface area contributed by atoms with Crippen molar-refractivity contribution < 1.29 is 4.79 Å². The summed E-state index contributed by atoms with van der Waals surface area (Å²) >= 11 is 1.41. The lowest BCUT2D eigenvalue weighted by atomic mass is 10.0. The van der Waals surface area contributed by atoms with Crippen molar-refractivity contribution in [2.45, 2.75) is 25.9 Å². The average Bonchev–Trinajstić information content (AvgIpc) is 3.01. The molecule has 2 aromatic carbocycles. The number of para-hydroxylation sites is 1. The lowest BCUT2D eigenvalue weighted by Crippen LogP contribution is -2.06. The predicted molar refractivity (Wildman–Crippen MR) is 97.1 cm³/mol. The molecule has 0 bridgehead atoms. The van der Waals surface area contributed by atoms with Gasteiger partial charge in [-0.05, 0) is 38.0 Å². The van der Waals surface area contributed by atoms with Gasteiger partial charge in [0, 0.05) is 5.56 Å². The largest absolute Gasteiger partial charge is 0.293 e. The minimum atomic E-state index is 0.108. The first kappa shape index (κ1) is 16.5. The number of thioether (sulfide) groups is 1. The van der Waals surface area contributed by atoms with Gasteiger partial charge in [-0.3, -0.25) is 9.36 Å². The van der Waals surface area contributed by atoms with E-state index in [1.165, 1.54) is 11.8 Å². The van der Waals surface area contributed by atoms with Crippen LogP contribution < -0.4 is 0 Å². The second-order valence-corrected chi connectivity index (χ2v) is 6.74. The first-order chi connectivity index (χ1) is 11.6. The monoisotopic (exact) mass is 337 g/mol. The smallest absolute Gasteiger partial charge is 0.196 e. The highest BCUT2D eigenvalue weighted by atomic mass is 32.2. The summed E-state index contributed by atoms with van der Waals surface area (Å²) in [7, 11) is 0. The van der Waals surface area contributed by atoms with E-state index in [4.69, 9.17) is 0 Å². The molecule has 0 amide bonds. The Kier molecular flexibility index (Phi) is 4.81. The molecular formula is C19H19N3OS. The molecule has 0 spiro atoms. The number of aryl methyl sites for hydroxylation is 3. The Hall–Kier alpha value is -2.40. The van der Waals surface area contributed by atoms with Crippen LogP contribution in [-0.4, -0.2) is 26.3 Å². The van der Waals surface area contributed by atoms with Crippen molar-refractivity contribution in [1.29, 1.82) is 0 Å². The van der Waals surface area contributed by atoms with Gasteiger partial charge in [-0.15, -0.1) is 10.2 Å². The maximum atomic E-state index is 12.5. The Morgan fingerprint density at radius 1 is 1.08 bits per heavy atom. The van der Waals surface area contributed by atoms with E-state index in [2.05, 4.69) is 10.2 Å². The van der Waals surface area contributed by atoms with Gasteiger partial charge < -0.3 is 0 Å². The molecule has 0 saturated carbocycles. The maximum absolute atomic E-state index is 12.5. The molecule has 0 aliphatic heterocycles. The molecule has 5 heteroatoms. The third-order valence-corrected chi connectivity index (χ3v) is 4.85. The number of benzene rings is 2. The van der Waals surface area contributed by atoms with E-state index in [9.17, 15) is 4.79 Å². The third-order valence-electron chi connectivity index (χ3n) is 3.91. The number of hydrogen-bond donors (Lipinski definition) is 0. The quantitative estimate of drug-likeness (QED) is 0.518. The van der Waals surface area contributed by atoms with E-state index in [0.29, 0.717) is 5.75 Å². The zero-order valence-corrected chi connectivity index (χ0v) is 14.8. The van der Waals surface area contributed by atoms with Crippen molar-refractivity contribution in [3.8, 4) is 5.69 Å². The maximum Gasteiger partial charge on any atom is 0.196 e. The van der Waals surface area contributed by atoms with E-state index in [-0.39, 0.29) is 5.78 Å². The van der Waals surface area contributed by atoms with E-state index in [1.54, 1.807) is 6.33 Å². The van der Waals surface area contributed by atoms with Crippen LogP contribution in [0.5, 0.6) is 0 Å². The molecule has 0 unspecified atom stereocenters. The topological polar surface area (TPSA) is 47.8 Å². The molecule has 0 radical (unpaired) electrons. The van der Waals surface area contributed by atoms with E-state index < -0.39 is 0 Å². The van der Waals surface area contributed by atoms with Crippen LogP contribution in [0.4, 0.5) is 0 Å². The second kappa shape index (κ2) is 7.01. The lowest BCUT2D eigenvalue weighted by molar-refractivity contribution is 0.102. The van der Waals surface area contributed by atoms with Crippen LogP contribution in [0.1, 0.15) is 27.0 Å². The van der Waals surface area contributed by atoms with Gasteiger partial charge in [0.25, 0.3) is 0 Å². The molecule has 24 heavy (non-hydrogen) atoms. The first-order valence-electron chi connectivity index (χ1n) is 7.75. The van der Waals surface area contributed by atoms with Gasteiger partial charge in [0.05, 0.1) is 11.4 Å². The molecule has 0 atom stereocenters. The Morgan fingerprint density at radius 2 is 1.88 bits per heavy atom. The fraction of sp³-hybridized carbons (Fsp3) is 0.211. The van der Waals surface area contributed by atoms with Gasteiger partial charge in [-0.1, -0.05) is 53.7 Å². The SMILES string of the molecule is Cc1ccc(C(=O)CSc2nncn2-c2ccccc2C)c(C)c1. The first-order valence-corrected chi connectivity index (χ1v) is 8.74. The summed E-state index contributed by atoms with van der Waals surface area (Å²) in [5.74, 6) is 0.450. The summed E-state index contributed by atoms with van der Waals surface area (Å²) in [5.41, 5.74) is 5.12. The number of hydrogen-bond acceptors (Lipinski definition) is 4. The highest BCUT2D eigenvalue weighted by Crippen LogP contribution is 2.23. The molecule has 0 aliphatic carbocycles. The van der Waals surface area contributed by atoms with Gasteiger partial charge in [0.15, 0.2) is 10.9 Å². The molecule has 1 heterocycles. The van der Waals surface area contributed by atoms with E-state index in [1.807, 2.05) is 67.8 Å². The van der Waals surface area contributed by atoms with Gasteiger partial charge in [-0.25, -0.2) is 0 Å². The van der Waals surface area contributed by atoms with Crippen molar-refractivity contribution in [2.75, 3.05) is 5.75 Å². The summed E-state index contributed by atoms with van der Waals surface area (Å²) in [4.78, 5) is 12.5. The fourth-order valence-electron chi connectivity index (χ4n) is 2.66. The summed E-state index contributed by atoms with van der Waals surface area (Å²) in [6, 6.07) is 14.0. The van der Waals surface area contributed by atoms with Crippen molar-refractivity contribution in [3.63, 3.8) is 0 Å². The Bertz CT molecular complexity index is 886. The molecule has 0 aliphatic rings. The molecule has 0 N–H and O–H groups in total. The fourth-order valence-corrected chi connectivity index (χ4v) is 3.46. The molecule has 0 saturated heterocycles. The summed E-state index contributed by atoms with van der Waals surface area (Å²) in [6.45, 7) is 6.05. The van der Waals surface area contributed by atoms with Crippen LogP contribution in [0.15, 0.2) is 53.9 Å². The average molecular weight is 337 g/mol. The summed E-state index contributed by atoms with van der Waals surface area (Å²) in [6.07, 6.45) is 1.69. The normalized spacial score (nSPS) is 10.8. The molecule has 122 valence electrons. The van der Waals surface area contributed by atoms with Crippen molar-refractivity contribution in [2.24, 2.45) is 0 Å². The minimum absolute atomic E-state index is 0.108. The van der Waals surface area contributed by atoms with E-state index in [0.717, 1.165) is 33.1 Å². The summed E-state index contributed by atoms with van der Waals surface area (Å²) < 4.78 is 1.93. The van der Waals surface area contributed by atoms with Crippen LogP contribution in [0.3, 0.4) is 0 Å². The number of ketones is 1. The Labute approximate surface area is 145 Å². The third kappa shape index (κ3) is 3.41. The molecular weight excluding hydrogens is 318 g/mol.